The maximum atomic E-state index is 13.1. The fourth-order valence-corrected chi connectivity index (χ4v) is 1.95. The minimum atomic E-state index is -0.167. The Hall–Kier alpha value is -0.890. The molecule has 0 aliphatic heterocycles. The molecule has 0 saturated heterocycles. The number of rotatable bonds is 6. The van der Waals surface area contributed by atoms with E-state index in [-0.39, 0.29) is 5.82 Å². The molecule has 0 radical (unpaired) electrons. The van der Waals surface area contributed by atoms with E-state index >= 15 is 0 Å². The van der Waals surface area contributed by atoms with Crippen LogP contribution in [-0.2, 0) is 0 Å². The molecule has 2 heteroatoms. The summed E-state index contributed by atoms with van der Waals surface area (Å²) in [5, 5.41) is 0. The van der Waals surface area contributed by atoms with Crippen LogP contribution in [0.25, 0.3) is 0 Å². The molecule has 0 fully saturated rings. The van der Waals surface area contributed by atoms with Gasteiger partial charge >= 0.3 is 0 Å². The second kappa shape index (κ2) is 6.64. The van der Waals surface area contributed by atoms with Crippen LogP contribution < -0.4 is 5.73 Å². The molecule has 0 saturated carbocycles. The number of nitrogens with two attached hydrogens (primary N) is 1. The summed E-state index contributed by atoms with van der Waals surface area (Å²) in [4.78, 5) is 0. The second-order valence-electron chi connectivity index (χ2n) is 4.81. The summed E-state index contributed by atoms with van der Waals surface area (Å²) < 4.78 is 13.1. The van der Waals surface area contributed by atoms with E-state index in [4.69, 9.17) is 5.73 Å². The summed E-state index contributed by atoms with van der Waals surface area (Å²) in [5.41, 5.74) is 6.78. The van der Waals surface area contributed by atoms with E-state index in [1.807, 2.05) is 6.07 Å². The third-order valence-electron chi connectivity index (χ3n) is 2.94. The molecule has 0 heterocycles. The van der Waals surface area contributed by atoms with Gasteiger partial charge in [-0.3, -0.25) is 0 Å². The first kappa shape index (κ1) is 13.2. The van der Waals surface area contributed by atoms with Crippen molar-refractivity contribution >= 4 is 0 Å². The van der Waals surface area contributed by atoms with Gasteiger partial charge in [-0.15, -0.1) is 0 Å². The summed E-state index contributed by atoms with van der Waals surface area (Å²) >= 11 is 0. The molecule has 16 heavy (non-hydrogen) atoms. The van der Waals surface area contributed by atoms with Gasteiger partial charge in [-0.05, 0) is 42.5 Å². The minimum Gasteiger partial charge on any atom is -0.330 e. The maximum Gasteiger partial charge on any atom is 0.123 e. The monoisotopic (exact) mass is 223 g/mol. The third kappa shape index (κ3) is 4.31. The van der Waals surface area contributed by atoms with Crippen LogP contribution in [0.1, 0.15) is 44.6 Å². The summed E-state index contributed by atoms with van der Waals surface area (Å²) in [5.74, 6) is 0.861. The summed E-state index contributed by atoms with van der Waals surface area (Å²) in [6.45, 7) is 5.04. The van der Waals surface area contributed by atoms with Crippen LogP contribution >= 0.6 is 0 Å². The van der Waals surface area contributed by atoms with Gasteiger partial charge in [0, 0.05) is 0 Å². The Morgan fingerprint density at radius 2 is 2.00 bits per heavy atom. The van der Waals surface area contributed by atoms with Crippen LogP contribution in [0.5, 0.6) is 0 Å². The molecule has 0 spiro atoms. The van der Waals surface area contributed by atoms with Crippen LogP contribution in [-0.4, -0.2) is 6.54 Å². The topological polar surface area (TPSA) is 26.0 Å². The SMILES string of the molecule is CC(C)CCCC(CN)c1cccc(F)c1. The molecule has 0 aliphatic carbocycles. The van der Waals surface area contributed by atoms with E-state index in [0.29, 0.717) is 12.5 Å². The van der Waals surface area contributed by atoms with E-state index < -0.39 is 0 Å². The van der Waals surface area contributed by atoms with E-state index in [2.05, 4.69) is 13.8 Å². The third-order valence-corrected chi connectivity index (χ3v) is 2.94. The zero-order valence-electron chi connectivity index (χ0n) is 10.2. The van der Waals surface area contributed by atoms with Gasteiger partial charge < -0.3 is 5.73 Å². The molecular formula is C14H22FN. The van der Waals surface area contributed by atoms with Crippen LogP contribution in [0.4, 0.5) is 4.39 Å². The molecular weight excluding hydrogens is 201 g/mol. The van der Waals surface area contributed by atoms with Gasteiger partial charge in [0.2, 0.25) is 0 Å². The molecule has 1 rings (SSSR count). The van der Waals surface area contributed by atoms with Crippen molar-refractivity contribution in [2.24, 2.45) is 11.7 Å². The van der Waals surface area contributed by atoms with Crippen molar-refractivity contribution in [2.75, 3.05) is 6.54 Å². The lowest BCUT2D eigenvalue weighted by Gasteiger charge is -2.15. The van der Waals surface area contributed by atoms with Crippen molar-refractivity contribution in [3.8, 4) is 0 Å². The number of hydrogen-bond acceptors (Lipinski definition) is 1. The van der Waals surface area contributed by atoms with Gasteiger partial charge in [0.1, 0.15) is 5.82 Å². The highest BCUT2D eigenvalue weighted by Crippen LogP contribution is 2.22. The second-order valence-corrected chi connectivity index (χ2v) is 4.81. The van der Waals surface area contributed by atoms with Crippen molar-refractivity contribution < 1.29 is 4.39 Å². The first-order valence-corrected chi connectivity index (χ1v) is 6.09. The number of halogens is 1. The highest BCUT2D eigenvalue weighted by Gasteiger charge is 2.10. The predicted molar refractivity (Wildman–Crippen MR) is 66.9 cm³/mol. The Labute approximate surface area is 97.9 Å². The Morgan fingerprint density at radius 1 is 1.25 bits per heavy atom. The molecule has 0 amide bonds. The summed E-state index contributed by atoms with van der Waals surface area (Å²) in [7, 11) is 0. The average Bonchev–Trinajstić information content (AvgIpc) is 2.24. The summed E-state index contributed by atoms with van der Waals surface area (Å²) in [6.07, 6.45) is 3.43. The lowest BCUT2D eigenvalue weighted by molar-refractivity contribution is 0.501. The van der Waals surface area contributed by atoms with E-state index in [9.17, 15) is 4.39 Å². The van der Waals surface area contributed by atoms with Crippen LogP contribution in [0.2, 0.25) is 0 Å². The fourth-order valence-electron chi connectivity index (χ4n) is 1.95. The predicted octanol–water partition coefficient (Wildman–Crippen LogP) is 3.69. The average molecular weight is 223 g/mol. The standard InChI is InChI=1S/C14H22FN/c1-11(2)5-3-7-13(10-16)12-6-4-8-14(15)9-12/h4,6,8-9,11,13H,3,5,7,10,16H2,1-2H3. The largest absolute Gasteiger partial charge is 0.330 e. The zero-order valence-corrected chi connectivity index (χ0v) is 10.2. The van der Waals surface area contributed by atoms with Crippen LogP contribution in [0.3, 0.4) is 0 Å². The summed E-state index contributed by atoms with van der Waals surface area (Å²) in [6, 6.07) is 6.81. The Bertz CT molecular complexity index is 309. The van der Waals surface area contributed by atoms with Crippen LogP contribution in [0.15, 0.2) is 24.3 Å². The van der Waals surface area contributed by atoms with Crippen LogP contribution in [0, 0.1) is 11.7 Å². The highest BCUT2D eigenvalue weighted by atomic mass is 19.1. The number of hydrogen-bond donors (Lipinski definition) is 1. The van der Waals surface area contributed by atoms with Gasteiger partial charge in [-0.2, -0.15) is 0 Å². The van der Waals surface area contributed by atoms with Crippen molar-refractivity contribution in [1.29, 1.82) is 0 Å². The molecule has 0 aromatic heterocycles. The van der Waals surface area contributed by atoms with Crippen molar-refractivity contribution in [1.82, 2.24) is 0 Å². The molecule has 0 aliphatic rings. The Kier molecular flexibility index (Phi) is 5.47. The molecule has 90 valence electrons. The molecule has 1 atom stereocenters. The van der Waals surface area contributed by atoms with Gasteiger partial charge in [-0.1, -0.05) is 38.8 Å². The van der Waals surface area contributed by atoms with Gasteiger partial charge in [0.05, 0.1) is 0 Å². The first-order valence-electron chi connectivity index (χ1n) is 6.09. The number of benzene rings is 1. The highest BCUT2D eigenvalue weighted by molar-refractivity contribution is 5.20. The molecule has 2 N–H and O–H groups in total. The Balaban J connectivity index is 2.53. The maximum absolute atomic E-state index is 13.1. The lowest BCUT2D eigenvalue weighted by Crippen LogP contribution is -2.13. The molecule has 1 aromatic rings. The Morgan fingerprint density at radius 3 is 2.56 bits per heavy atom. The van der Waals surface area contributed by atoms with Gasteiger partial charge in [0.15, 0.2) is 0 Å². The van der Waals surface area contributed by atoms with Crippen molar-refractivity contribution in [2.45, 2.75) is 39.0 Å². The molecule has 1 aromatic carbocycles. The normalized spacial score (nSPS) is 13.1. The van der Waals surface area contributed by atoms with E-state index in [1.54, 1.807) is 12.1 Å². The minimum absolute atomic E-state index is 0.167. The van der Waals surface area contributed by atoms with Gasteiger partial charge in [0.25, 0.3) is 0 Å². The van der Waals surface area contributed by atoms with E-state index in [0.717, 1.165) is 24.3 Å². The quantitative estimate of drug-likeness (QED) is 0.782. The van der Waals surface area contributed by atoms with Crippen molar-refractivity contribution in [3.05, 3.63) is 35.6 Å². The fraction of sp³-hybridized carbons (Fsp3) is 0.571. The molecule has 0 bridgehead atoms. The van der Waals surface area contributed by atoms with Crippen molar-refractivity contribution in [3.63, 3.8) is 0 Å². The molecule has 1 unspecified atom stereocenters. The molecule has 1 nitrogen and oxygen atoms in total. The first-order chi connectivity index (χ1) is 7.63. The van der Waals surface area contributed by atoms with E-state index in [1.165, 1.54) is 12.5 Å². The lowest BCUT2D eigenvalue weighted by atomic mass is 9.92. The van der Waals surface area contributed by atoms with Gasteiger partial charge in [-0.25, -0.2) is 4.39 Å². The zero-order chi connectivity index (χ0) is 12.0. The smallest absolute Gasteiger partial charge is 0.123 e.